The van der Waals surface area contributed by atoms with E-state index >= 15 is 0 Å². The number of thiazole rings is 1. The van der Waals surface area contributed by atoms with Crippen LogP contribution < -0.4 is 9.88 Å². The molecular formula is C11H11N2S2+. The number of thioether (sulfide) groups is 1. The largest absolute Gasteiger partial charge is 0.340 e. The van der Waals surface area contributed by atoms with Crippen LogP contribution in [0.15, 0.2) is 35.4 Å². The van der Waals surface area contributed by atoms with Crippen molar-refractivity contribution in [2.75, 3.05) is 11.6 Å². The Hall–Kier alpha value is -1.00. The van der Waals surface area contributed by atoms with Gasteiger partial charge in [-0.3, -0.25) is 0 Å². The van der Waals surface area contributed by atoms with Gasteiger partial charge in [0.25, 0.3) is 0 Å². The zero-order valence-electron chi connectivity index (χ0n) is 8.36. The molecule has 4 heteroatoms. The lowest BCUT2D eigenvalue weighted by atomic mass is 10.3. The first-order valence-electron chi connectivity index (χ1n) is 4.81. The molecule has 0 amide bonds. The van der Waals surface area contributed by atoms with Gasteiger partial charge in [-0.2, -0.15) is 0 Å². The Balaban J connectivity index is 2.16. The molecule has 0 unspecified atom stereocenters. The molecule has 0 spiro atoms. The van der Waals surface area contributed by atoms with Crippen LogP contribution >= 0.6 is 23.1 Å². The molecule has 1 aliphatic rings. The number of anilines is 1. The molecule has 0 radical (unpaired) electrons. The first-order valence-corrected chi connectivity index (χ1v) is 6.85. The Labute approximate surface area is 96.6 Å². The molecule has 2 heterocycles. The van der Waals surface area contributed by atoms with Gasteiger partial charge < -0.3 is 0 Å². The van der Waals surface area contributed by atoms with E-state index in [2.05, 4.69) is 46.5 Å². The van der Waals surface area contributed by atoms with E-state index in [4.69, 9.17) is 0 Å². The number of aromatic nitrogens is 1. The smallest absolute Gasteiger partial charge is 0.226 e. The number of rotatable bonds is 1. The maximum atomic E-state index is 3.44. The third-order valence-electron chi connectivity index (χ3n) is 2.52. The Morgan fingerprint density at radius 1 is 1.40 bits per heavy atom. The lowest BCUT2D eigenvalue weighted by Gasteiger charge is -2.07. The topological polar surface area (TPSA) is 15.9 Å². The molecule has 0 saturated carbocycles. The molecule has 76 valence electrons. The molecule has 0 bridgehead atoms. The molecular weight excluding hydrogens is 224 g/mol. The van der Waals surface area contributed by atoms with Crippen LogP contribution in [0.25, 0.3) is 10.2 Å². The lowest BCUT2D eigenvalue weighted by molar-refractivity contribution is -0.644. The van der Waals surface area contributed by atoms with Gasteiger partial charge >= 0.3 is 5.13 Å². The fraction of sp³-hybridized carbons (Fsp3) is 0.182. The molecule has 3 rings (SSSR count). The van der Waals surface area contributed by atoms with Gasteiger partial charge in [0.05, 0.1) is 4.70 Å². The van der Waals surface area contributed by atoms with Crippen LogP contribution in [0.4, 0.5) is 5.13 Å². The first-order chi connectivity index (χ1) is 7.38. The third-order valence-corrected chi connectivity index (χ3v) is 4.31. The highest BCUT2D eigenvalue weighted by atomic mass is 32.2. The summed E-state index contributed by atoms with van der Waals surface area (Å²) in [6, 6.07) is 8.53. The van der Waals surface area contributed by atoms with Gasteiger partial charge in [0.15, 0.2) is 5.03 Å². The maximum Gasteiger partial charge on any atom is 0.340 e. The molecule has 2 nitrogen and oxygen atoms in total. The summed E-state index contributed by atoms with van der Waals surface area (Å²) in [6.07, 6.45) is 4.33. The van der Waals surface area contributed by atoms with Gasteiger partial charge in [0.2, 0.25) is 0 Å². The number of para-hydroxylation sites is 1. The van der Waals surface area contributed by atoms with Crippen molar-refractivity contribution in [3.8, 4) is 0 Å². The van der Waals surface area contributed by atoms with E-state index in [0.29, 0.717) is 0 Å². The van der Waals surface area contributed by atoms with Crippen LogP contribution in [0.5, 0.6) is 0 Å². The predicted octanol–water partition coefficient (Wildman–Crippen LogP) is 2.82. The minimum absolute atomic E-state index is 0.975. The van der Waals surface area contributed by atoms with Crippen molar-refractivity contribution in [1.82, 2.24) is 0 Å². The number of allylic oxidation sites excluding steroid dienone is 1. The van der Waals surface area contributed by atoms with Crippen molar-refractivity contribution in [3.63, 3.8) is 0 Å². The highest BCUT2D eigenvalue weighted by Crippen LogP contribution is 2.28. The second kappa shape index (κ2) is 3.54. The van der Waals surface area contributed by atoms with Crippen molar-refractivity contribution >= 4 is 38.4 Å². The molecule has 0 aliphatic carbocycles. The second-order valence-corrected chi connectivity index (χ2v) is 5.26. The summed E-state index contributed by atoms with van der Waals surface area (Å²) in [5.74, 6) is 0. The lowest BCUT2D eigenvalue weighted by Crippen LogP contribution is -2.37. The summed E-state index contributed by atoms with van der Waals surface area (Å²) in [4.78, 5) is 0. The Bertz CT molecular complexity index is 543. The zero-order chi connectivity index (χ0) is 10.3. The standard InChI is InChI=1S/C11H10N2S2/c1-14-10-6-7-13-8-4-2-3-5-9(8)15-11(13)12-10/h2-6H,7H2,1H3/p+1. The Morgan fingerprint density at radius 2 is 2.27 bits per heavy atom. The van der Waals surface area contributed by atoms with Gasteiger partial charge in [0.1, 0.15) is 12.1 Å². The molecule has 1 aromatic heterocycles. The molecule has 1 aromatic carbocycles. The summed E-state index contributed by atoms with van der Waals surface area (Å²) >= 11 is 3.58. The number of nitrogens with one attached hydrogen (secondary N) is 1. The maximum absolute atomic E-state index is 3.44. The van der Waals surface area contributed by atoms with Crippen molar-refractivity contribution in [3.05, 3.63) is 35.4 Å². The molecule has 1 aliphatic heterocycles. The Kier molecular flexibility index (Phi) is 2.18. The van der Waals surface area contributed by atoms with E-state index in [1.54, 1.807) is 11.8 Å². The van der Waals surface area contributed by atoms with Gasteiger partial charge in [0, 0.05) is 6.08 Å². The number of hydrogen-bond acceptors (Lipinski definition) is 3. The molecule has 15 heavy (non-hydrogen) atoms. The van der Waals surface area contributed by atoms with Crippen LogP contribution in [0, 0.1) is 0 Å². The summed E-state index contributed by atoms with van der Waals surface area (Å²) in [5.41, 5.74) is 1.32. The third kappa shape index (κ3) is 1.44. The average molecular weight is 235 g/mol. The van der Waals surface area contributed by atoms with Crippen LogP contribution in [-0.4, -0.2) is 6.26 Å². The predicted molar refractivity (Wildman–Crippen MR) is 67.2 cm³/mol. The first kappa shape index (κ1) is 9.24. The van der Waals surface area contributed by atoms with E-state index in [0.717, 1.165) is 6.54 Å². The summed E-state index contributed by atoms with van der Waals surface area (Å²) in [7, 11) is 0. The number of fused-ring (bicyclic) bond motifs is 3. The number of nitrogens with zero attached hydrogens (tertiary/aromatic N) is 1. The fourth-order valence-corrected chi connectivity index (χ4v) is 3.36. The Morgan fingerprint density at radius 3 is 3.13 bits per heavy atom. The SMILES string of the molecule is CSC1=CC[n+]2c(sc3ccccc32)N1. The van der Waals surface area contributed by atoms with Crippen molar-refractivity contribution < 1.29 is 4.57 Å². The normalized spacial score (nSPS) is 14.6. The summed E-state index contributed by atoms with van der Waals surface area (Å²) in [6.45, 7) is 0.975. The quantitative estimate of drug-likeness (QED) is 0.765. The van der Waals surface area contributed by atoms with Gasteiger partial charge in [-0.05, 0) is 29.7 Å². The second-order valence-electron chi connectivity index (χ2n) is 3.38. The molecule has 1 N–H and O–H groups in total. The van der Waals surface area contributed by atoms with Gasteiger partial charge in [-0.25, -0.2) is 9.88 Å². The van der Waals surface area contributed by atoms with Crippen LogP contribution in [-0.2, 0) is 6.54 Å². The van der Waals surface area contributed by atoms with E-state index < -0.39 is 0 Å². The van der Waals surface area contributed by atoms with E-state index in [1.165, 1.54) is 20.4 Å². The van der Waals surface area contributed by atoms with Crippen molar-refractivity contribution in [2.45, 2.75) is 6.54 Å². The van der Waals surface area contributed by atoms with E-state index in [-0.39, 0.29) is 0 Å². The van der Waals surface area contributed by atoms with Crippen LogP contribution in [0.3, 0.4) is 0 Å². The molecule has 0 saturated heterocycles. The number of benzene rings is 1. The average Bonchev–Trinajstić information content (AvgIpc) is 2.66. The van der Waals surface area contributed by atoms with Crippen LogP contribution in [0.2, 0.25) is 0 Å². The monoisotopic (exact) mass is 235 g/mol. The molecule has 0 fully saturated rings. The van der Waals surface area contributed by atoms with E-state index in [1.807, 2.05) is 11.3 Å². The number of hydrogen-bond donors (Lipinski definition) is 1. The minimum Gasteiger partial charge on any atom is -0.226 e. The minimum atomic E-state index is 0.975. The van der Waals surface area contributed by atoms with Crippen LogP contribution in [0.1, 0.15) is 0 Å². The van der Waals surface area contributed by atoms with Crippen molar-refractivity contribution in [2.24, 2.45) is 0 Å². The molecule has 0 atom stereocenters. The van der Waals surface area contributed by atoms with Crippen molar-refractivity contribution in [1.29, 1.82) is 0 Å². The van der Waals surface area contributed by atoms with Gasteiger partial charge in [-0.1, -0.05) is 23.9 Å². The zero-order valence-corrected chi connectivity index (χ0v) is 9.99. The molecule has 2 aromatic rings. The summed E-state index contributed by atoms with van der Waals surface area (Å²) < 4.78 is 3.66. The fourth-order valence-electron chi connectivity index (χ4n) is 1.77. The highest BCUT2D eigenvalue weighted by Gasteiger charge is 2.22. The van der Waals surface area contributed by atoms with Gasteiger partial charge in [-0.15, -0.1) is 0 Å². The van der Waals surface area contributed by atoms with E-state index in [9.17, 15) is 0 Å². The summed E-state index contributed by atoms with van der Waals surface area (Å²) in [5, 5.41) is 5.93. The highest BCUT2D eigenvalue weighted by molar-refractivity contribution is 8.02.